The van der Waals surface area contributed by atoms with Crippen LogP contribution in [-0.2, 0) is 0 Å². The summed E-state index contributed by atoms with van der Waals surface area (Å²) in [7, 11) is 0. The number of benzene rings is 1. The van der Waals surface area contributed by atoms with Gasteiger partial charge in [0.1, 0.15) is 0 Å². The topological polar surface area (TPSA) is 3.24 Å². The Kier molecular flexibility index (Phi) is 3.48. The van der Waals surface area contributed by atoms with E-state index in [9.17, 15) is 0 Å². The van der Waals surface area contributed by atoms with Crippen LogP contribution in [0.25, 0.3) is 0 Å². The van der Waals surface area contributed by atoms with Crippen LogP contribution in [0, 0.1) is 0 Å². The lowest BCUT2D eigenvalue weighted by molar-refractivity contribution is 0.865. The lowest BCUT2D eigenvalue weighted by atomic mass is 10.3. The first-order valence-electron chi connectivity index (χ1n) is 4.32. The van der Waals surface area contributed by atoms with Crippen LogP contribution < -0.4 is 4.90 Å². The Hall–Kier alpha value is -0.630. The third kappa shape index (κ3) is 2.18. The molecule has 0 unspecified atom stereocenters. The van der Waals surface area contributed by atoms with Crippen LogP contribution in [0.15, 0.2) is 29.2 Å². The highest BCUT2D eigenvalue weighted by atomic mass is 32.1. The minimum absolute atomic E-state index is 1.02. The number of anilines is 1. The summed E-state index contributed by atoms with van der Waals surface area (Å²) in [6.07, 6.45) is 0. The molecule has 0 bridgehead atoms. The van der Waals surface area contributed by atoms with Gasteiger partial charge >= 0.3 is 0 Å². The standard InChI is InChI=1S/C10H15NS/c1-3-11(4-2)9-5-7-10(12)8-6-9/h5-8,12H,3-4H2,1-2H3. The first-order chi connectivity index (χ1) is 5.77. The van der Waals surface area contributed by atoms with E-state index in [1.807, 2.05) is 12.1 Å². The van der Waals surface area contributed by atoms with Gasteiger partial charge in [-0.05, 0) is 38.1 Å². The Morgan fingerprint density at radius 1 is 1.08 bits per heavy atom. The number of rotatable bonds is 3. The van der Waals surface area contributed by atoms with Crippen molar-refractivity contribution < 1.29 is 0 Å². The van der Waals surface area contributed by atoms with Crippen molar-refractivity contribution in [1.82, 2.24) is 0 Å². The first-order valence-corrected chi connectivity index (χ1v) is 4.76. The van der Waals surface area contributed by atoms with Crippen LogP contribution >= 0.6 is 12.6 Å². The molecule has 66 valence electrons. The minimum atomic E-state index is 1.02. The average molecular weight is 181 g/mol. The molecule has 1 aromatic rings. The van der Waals surface area contributed by atoms with Crippen molar-refractivity contribution in [3.05, 3.63) is 24.3 Å². The molecule has 0 spiro atoms. The van der Waals surface area contributed by atoms with E-state index in [0.29, 0.717) is 0 Å². The molecule has 0 radical (unpaired) electrons. The summed E-state index contributed by atoms with van der Waals surface area (Å²) >= 11 is 4.24. The summed E-state index contributed by atoms with van der Waals surface area (Å²) in [4.78, 5) is 3.33. The molecule has 1 aromatic carbocycles. The van der Waals surface area contributed by atoms with Crippen molar-refractivity contribution in [3.8, 4) is 0 Å². The van der Waals surface area contributed by atoms with E-state index in [2.05, 4.69) is 43.5 Å². The van der Waals surface area contributed by atoms with Gasteiger partial charge in [-0.1, -0.05) is 0 Å². The molecule has 0 saturated carbocycles. The normalized spacial score (nSPS) is 9.92. The van der Waals surface area contributed by atoms with Gasteiger partial charge in [0.25, 0.3) is 0 Å². The Morgan fingerprint density at radius 2 is 1.58 bits per heavy atom. The molecule has 0 amide bonds. The zero-order chi connectivity index (χ0) is 8.97. The van der Waals surface area contributed by atoms with Crippen molar-refractivity contribution in [1.29, 1.82) is 0 Å². The van der Waals surface area contributed by atoms with Crippen LogP contribution in [-0.4, -0.2) is 13.1 Å². The van der Waals surface area contributed by atoms with E-state index >= 15 is 0 Å². The molecule has 0 fully saturated rings. The molecule has 0 N–H and O–H groups in total. The van der Waals surface area contributed by atoms with Gasteiger partial charge < -0.3 is 4.90 Å². The van der Waals surface area contributed by atoms with Gasteiger partial charge in [-0.15, -0.1) is 12.6 Å². The molecule has 0 heterocycles. The fourth-order valence-electron chi connectivity index (χ4n) is 1.25. The van der Waals surface area contributed by atoms with Crippen molar-refractivity contribution in [2.45, 2.75) is 18.7 Å². The monoisotopic (exact) mass is 181 g/mol. The van der Waals surface area contributed by atoms with Crippen molar-refractivity contribution >= 4 is 18.3 Å². The third-order valence-corrected chi connectivity index (χ3v) is 2.28. The van der Waals surface area contributed by atoms with Crippen LogP contribution in [0.3, 0.4) is 0 Å². The zero-order valence-electron chi connectivity index (χ0n) is 7.62. The van der Waals surface area contributed by atoms with Gasteiger partial charge in [-0.2, -0.15) is 0 Å². The first kappa shape index (κ1) is 9.46. The van der Waals surface area contributed by atoms with Gasteiger partial charge in [0.15, 0.2) is 0 Å². The molecule has 12 heavy (non-hydrogen) atoms. The molecule has 0 aliphatic carbocycles. The number of hydrogen-bond acceptors (Lipinski definition) is 2. The number of nitrogens with zero attached hydrogens (tertiary/aromatic N) is 1. The largest absolute Gasteiger partial charge is 0.372 e. The molecule has 0 saturated heterocycles. The maximum absolute atomic E-state index is 4.24. The van der Waals surface area contributed by atoms with Crippen LogP contribution in [0.1, 0.15) is 13.8 Å². The molecule has 0 aliphatic heterocycles. The number of hydrogen-bond donors (Lipinski definition) is 1. The number of thiol groups is 1. The van der Waals surface area contributed by atoms with Gasteiger partial charge in [0.2, 0.25) is 0 Å². The quantitative estimate of drug-likeness (QED) is 0.702. The Balaban J connectivity index is 2.80. The van der Waals surface area contributed by atoms with Gasteiger partial charge in [0.05, 0.1) is 0 Å². The van der Waals surface area contributed by atoms with Gasteiger partial charge in [-0.3, -0.25) is 0 Å². The lowest BCUT2D eigenvalue weighted by Gasteiger charge is -2.20. The third-order valence-electron chi connectivity index (χ3n) is 1.98. The smallest absolute Gasteiger partial charge is 0.0366 e. The second-order valence-corrected chi connectivity index (χ2v) is 3.21. The molecule has 1 rings (SSSR count). The van der Waals surface area contributed by atoms with E-state index < -0.39 is 0 Å². The summed E-state index contributed by atoms with van der Waals surface area (Å²) < 4.78 is 0. The predicted molar refractivity (Wildman–Crippen MR) is 57.3 cm³/mol. The maximum Gasteiger partial charge on any atom is 0.0366 e. The molecular formula is C10H15NS. The summed E-state index contributed by atoms with van der Waals surface area (Å²) in [6, 6.07) is 8.26. The van der Waals surface area contributed by atoms with Crippen LogP contribution in [0.4, 0.5) is 5.69 Å². The molecular weight excluding hydrogens is 166 g/mol. The highest BCUT2D eigenvalue weighted by Crippen LogP contribution is 2.16. The zero-order valence-corrected chi connectivity index (χ0v) is 8.51. The van der Waals surface area contributed by atoms with Gasteiger partial charge in [-0.25, -0.2) is 0 Å². The Morgan fingerprint density at radius 3 is 2.00 bits per heavy atom. The van der Waals surface area contributed by atoms with Crippen LogP contribution in [0.2, 0.25) is 0 Å². The van der Waals surface area contributed by atoms with E-state index in [4.69, 9.17) is 0 Å². The molecule has 2 heteroatoms. The minimum Gasteiger partial charge on any atom is -0.372 e. The van der Waals surface area contributed by atoms with E-state index in [0.717, 1.165) is 18.0 Å². The highest BCUT2D eigenvalue weighted by molar-refractivity contribution is 7.80. The second kappa shape index (κ2) is 4.41. The fraction of sp³-hybridized carbons (Fsp3) is 0.400. The van der Waals surface area contributed by atoms with Crippen molar-refractivity contribution in [3.63, 3.8) is 0 Å². The summed E-state index contributed by atoms with van der Waals surface area (Å²) in [5.74, 6) is 0. The van der Waals surface area contributed by atoms with Crippen molar-refractivity contribution in [2.24, 2.45) is 0 Å². The predicted octanol–water partition coefficient (Wildman–Crippen LogP) is 2.82. The van der Waals surface area contributed by atoms with E-state index in [1.165, 1.54) is 5.69 Å². The van der Waals surface area contributed by atoms with Crippen molar-refractivity contribution in [2.75, 3.05) is 18.0 Å². The summed E-state index contributed by atoms with van der Waals surface area (Å²) in [5.41, 5.74) is 1.28. The maximum atomic E-state index is 4.24. The van der Waals surface area contributed by atoms with E-state index in [-0.39, 0.29) is 0 Å². The second-order valence-electron chi connectivity index (χ2n) is 2.69. The lowest BCUT2D eigenvalue weighted by Crippen LogP contribution is -2.21. The average Bonchev–Trinajstić information content (AvgIpc) is 2.10. The van der Waals surface area contributed by atoms with Crippen LogP contribution in [0.5, 0.6) is 0 Å². The molecule has 0 atom stereocenters. The summed E-state index contributed by atoms with van der Waals surface area (Å²) in [6.45, 7) is 6.45. The molecule has 0 aliphatic rings. The van der Waals surface area contributed by atoms with Gasteiger partial charge in [0, 0.05) is 23.7 Å². The molecule has 1 nitrogen and oxygen atoms in total. The SMILES string of the molecule is CCN(CC)c1ccc(S)cc1. The summed E-state index contributed by atoms with van der Waals surface area (Å²) in [5, 5.41) is 0. The fourth-order valence-corrected chi connectivity index (χ4v) is 1.40. The Bertz CT molecular complexity index is 226. The highest BCUT2D eigenvalue weighted by Gasteiger charge is 1.99. The Labute approximate surface area is 79.8 Å². The molecule has 0 aromatic heterocycles. The van der Waals surface area contributed by atoms with E-state index in [1.54, 1.807) is 0 Å².